The molecule has 0 aliphatic carbocycles. The molecule has 3 aromatic rings. The first-order chi connectivity index (χ1) is 13.5. The van der Waals surface area contributed by atoms with Crippen molar-refractivity contribution in [1.29, 1.82) is 0 Å². The van der Waals surface area contributed by atoms with E-state index in [9.17, 15) is 4.79 Å². The zero-order valence-electron chi connectivity index (χ0n) is 17.0. The highest BCUT2D eigenvalue weighted by molar-refractivity contribution is 6.06. The molecule has 2 atom stereocenters. The van der Waals surface area contributed by atoms with Crippen LogP contribution in [0.2, 0.25) is 0 Å². The second-order valence-electron chi connectivity index (χ2n) is 7.94. The Balaban J connectivity index is 0.00000240. The van der Waals surface area contributed by atoms with Gasteiger partial charge in [-0.05, 0) is 36.9 Å². The topological polar surface area (TPSA) is 85.2 Å². The monoisotopic (exact) mass is 414 g/mol. The van der Waals surface area contributed by atoms with Gasteiger partial charge in [0.05, 0.1) is 16.6 Å². The molecule has 0 unspecified atom stereocenters. The number of fused-ring (bicyclic) bond motifs is 1. The fourth-order valence-corrected chi connectivity index (χ4v) is 4.18. The molecule has 1 aromatic carbocycles. The number of aromatic nitrogens is 2. The lowest BCUT2D eigenvalue weighted by Gasteiger charge is -2.18. The summed E-state index contributed by atoms with van der Waals surface area (Å²) < 4.78 is 5.43. The van der Waals surface area contributed by atoms with Crippen LogP contribution in [0.15, 0.2) is 40.9 Å². The molecule has 3 heterocycles. The Morgan fingerprint density at radius 3 is 2.66 bits per heavy atom. The van der Waals surface area contributed by atoms with E-state index in [2.05, 4.69) is 22.3 Å². The van der Waals surface area contributed by atoms with Gasteiger partial charge >= 0.3 is 0 Å². The maximum Gasteiger partial charge on any atom is 0.259 e. The molecule has 154 valence electrons. The molecule has 1 amide bonds. The smallest absolute Gasteiger partial charge is 0.259 e. The van der Waals surface area contributed by atoms with Crippen LogP contribution in [-0.2, 0) is 0 Å². The summed E-state index contributed by atoms with van der Waals surface area (Å²) in [7, 11) is 0. The Hall–Kier alpha value is -2.44. The van der Waals surface area contributed by atoms with E-state index in [1.54, 1.807) is 0 Å². The molecule has 1 aliphatic rings. The molecular weight excluding hydrogens is 388 g/mol. The van der Waals surface area contributed by atoms with Crippen LogP contribution in [0.5, 0.6) is 0 Å². The molecule has 29 heavy (non-hydrogen) atoms. The number of hydrogen-bond acceptors (Lipinski definition) is 5. The standard InChI is InChI=1S/C22H26N4O2.ClH/c1-13(2)20-19-17(9-14(3)24-21(19)28-25-20)22(27)26-11-16(10-23)18(12-26)15-7-5-4-6-8-15;/h4-9,13,16,18H,10-12,23H2,1-3H3;1H/t16-,18+;/m1./s1. The van der Waals surface area contributed by atoms with Gasteiger partial charge in [0.15, 0.2) is 0 Å². The van der Waals surface area contributed by atoms with E-state index in [-0.39, 0.29) is 36.1 Å². The number of rotatable bonds is 4. The number of nitrogens with two attached hydrogens (primary N) is 1. The molecular formula is C22H27ClN4O2. The predicted molar refractivity (Wildman–Crippen MR) is 116 cm³/mol. The lowest BCUT2D eigenvalue weighted by atomic mass is 9.89. The Bertz CT molecular complexity index is 1000. The minimum atomic E-state index is -0.00233. The van der Waals surface area contributed by atoms with E-state index in [0.29, 0.717) is 30.9 Å². The molecule has 2 N–H and O–H groups in total. The van der Waals surface area contributed by atoms with Crippen molar-refractivity contribution in [1.82, 2.24) is 15.0 Å². The van der Waals surface area contributed by atoms with Gasteiger partial charge in [-0.1, -0.05) is 49.3 Å². The summed E-state index contributed by atoms with van der Waals surface area (Å²) in [6.07, 6.45) is 0. The third-order valence-electron chi connectivity index (χ3n) is 5.64. The minimum absolute atomic E-state index is 0. The number of carbonyl (C=O) groups excluding carboxylic acids is 1. The van der Waals surface area contributed by atoms with E-state index in [1.165, 1.54) is 5.56 Å². The molecule has 0 bridgehead atoms. The number of likely N-dealkylation sites (tertiary alicyclic amines) is 1. The van der Waals surface area contributed by atoms with Crippen molar-refractivity contribution in [3.05, 3.63) is 58.9 Å². The molecule has 1 saturated heterocycles. The Kier molecular flexibility index (Phi) is 6.24. The van der Waals surface area contributed by atoms with Crippen LogP contribution in [0.25, 0.3) is 11.1 Å². The number of pyridine rings is 1. The van der Waals surface area contributed by atoms with E-state index in [4.69, 9.17) is 10.3 Å². The number of amides is 1. The van der Waals surface area contributed by atoms with Crippen molar-refractivity contribution in [3.8, 4) is 0 Å². The SMILES string of the molecule is Cc1cc(C(=O)N2C[C@@H](CN)[C@H](c3ccccc3)C2)c2c(C(C)C)noc2n1.Cl. The third-order valence-corrected chi connectivity index (χ3v) is 5.64. The van der Waals surface area contributed by atoms with E-state index >= 15 is 0 Å². The van der Waals surface area contributed by atoms with Crippen molar-refractivity contribution in [2.45, 2.75) is 32.6 Å². The van der Waals surface area contributed by atoms with Gasteiger partial charge in [-0.25, -0.2) is 4.98 Å². The van der Waals surface area contributed by atoms with Crippen LogP contribution < -0.4 is 5.73 Å². The first kappa shape index (κ1) is 21.3. The van der Waals surface area contributed by atoms with Gasteiger partial charge in [0.25, 0.3) is 11.6 Å². The summed E-state index contributed by atoms with van der Waals surface area (Å²) in [6, 6.07) is 12.2. The van der Waals surface area contributed by atoms with Crippen molar-refractivity contribution in [3.63, 3.8) is 0 Å². The van der Waals surface area contributed by atoms with Crippen LogP contribution in [0.3, 0.4) is 0 Å². The van der Waals surface area contributed by atoms with Crippen molar-refractivity contribution >= 4 is 29.4 Å². The van der Waals surface area contributed by atoms with Crippen LogP contribution in [0, 0.1) is 12.8 Å². The van der Waals surface area contributed by atoms with E-state index < -0.39 is 0 Å². The number of aryl methyl sites for hydroxylation is 1. The van der Waals surface area contributed by atoms with Gasteiger partial charge in [0.1, 0.15) is 0 Å². The average Bonchev–Trinajstić information content (AvgIpc) is 3.31. The molecule has 2 aromatic heterocycles. The second kappa shape index (κ2) is 8.51. The predicted octanol–water partition coefficient (Wildman–Crippen LogP) is 3.89. The molecule has 0 spiro atoms. The van der Waals surface area contributed by atoms with Crippen molar-refractivity contribution < 1.29 is 9.32 Å². The first-order valence-electron chi connectivity index (χ1n) is 9.80. The minimum Gasteiger partial charge on any atom is -0.338 e. The molecule has 7 heteroatoms. The summed E-state index contributed by atoms with van der Waals surface area (Å²) >= 11 is 0. The van der Waals surface area contributed by atoms with Crippen LogP contribution in [0.4, 0.5) is 0 Å². The molecule has 1 aliphatic heterocycles. The summed E-state index contributed by atoms with van der Waals surface area (Å²) in [5.74, 6) is 0.639. The first-order valence-corrected chi connectivity index (χ1v) is 9.80. The van der Waals surface area contributed by atoms with Gasteiger partial charge in [-0.2, -0.15) is 0 Å². The number of carbonyl (C=O) groups is 1. The van der Waals surface area contributed by atoms with Gasteiger partial charge in [0, 0.05) is 24.7 Å². The summed E-state index contributed by atoms with van der Waals surface area (Å²) in [5, 5.41) is 4.91. The zero-order valence-corrected chi connectivity index (χ0v) is 17.8. The fourth-order valence-electron chi connectivity index (χ4n) is 4.18. The van der Waals surface area contributed by atoms with Crippen LogP contribution in [-0.4, -0.2) is 40.6 Å². The van der Waals surface area contributed by atoms with Gasteiger partial charge in [-0.3, -0.25) is 4.79 Å². The molecule has 4 rings (SSSR count). The number of benzene rings is 1. The summed E-state index contributed by atoms with van der Waals surface area (Å²) in [4.78, 5) is 19.9. The Morgan fingerprint density at radius 2 is 2.00 bits per heavy atom. The van der Waals surface area contributed by atoms with Crippen LogP contribution in [0.1, 0.15) is 53.0 Å². The Labute approximate surface area is 176 Å². The van der Waals surface area contributed by atoms with Gasteiger partial charge in [0.2, 0.25) is 0 Å². The van der Waals surface area contributed by atoms with E-state index in [0.717, 1.165) is 16.8 Å². The maximum atomic E-state index is 13.5. The zero-order chi connectivity index (χ0) is 19.8. The molecule has 0 saturated carbocycles. The summed E-state index contributed by atoms with van der Waals surface area (Å²) in [6.45, 7) is 7.82. The highest BCUT2D eigenvalue weighted by Crippen LogP contribution is 2.34. The maximum absolute atomic E-state index is 13.5. The number of hydrogen-bond donors (Lipinski definition) is 1. The number of nitrogens with zero attached hydrogens (tertiary/aromatic N) is 3. The van der Waals surface area contributed by atoms with Crippen molar-refractivity contribution in [2.24, 2.45) is 11.7 Å². The number of halogens is 1. The van der Waals surface area contributed by atoms with E-state index in [1.807, 2.05) is 49.9 Å². The quantitative estimate of drug-likeness (QED) is 0.699. The molecule has 6 nitrogen and oxygen atoms in total. The van der Waals surface area contributed by atoms with Crippen LogP contribution >= 0.6 is 12.4 Å². The highest BCUT2D eigenvalue weighted by Gasteiger charge is 2.36. The third kappa shape index (κ3) is 3.87. The lowest BCUT2D eigenvalue weighted by molar-refractivity contribution is 0.0788. The normalized spacial score (nSPS) is 19.0. The largest absolute Gasteiger partial charge is 0.338 e. The second-order valence-corrected chi connectivity index (χ2v) is 7.94. The molecule has 1 fully saturated rings. The summed E-state index contributed by atoms with van der Waals surface area (Å²) in [5.41, 5.74) is 9.86. The average molecular weight is 415 g/mol. The van der Waals surface area contributed by atoms with Gasteiger partial charge in [-0.15, -0.1) is 12.4 Å². The highest BCUT2D eigenvalue weighted by atomic mass is 35.5. The lowest BCUT2D eigenvalue weighted by Crippen LogP contribution is -2.30. The Morgan fingerprint density at radius 1 is 1.28 bits per heavy atom. The van der Waals surface area contributed by atoms with Gasteiger partial charge < -0.3 is 15.2 Å². The fraction of sp³-hybridized carbons (Fsp3) is 0.409. The van der Waals surface area contributed by atoms with Crippen molar-refractivity contribution in [2.75, 3.05) is 19.6 Å². The molecule has 0 radical (unpaired) electrons.